The highest BCUT2D eigenvalue weighted by molar-refractivity contribution is 6.35. The maximum Gasteiger partial charge on any atom is 0.340 e. The van der Waals surface area contributed by atoms with Crippen LogP contribution in [0.5, 0.6) is 5.75 Å². The predicted octanol–water partition coefficient (Wildman–Crippen LogP) is 4.49. The zero-order valence-electron chi connectivity index (χ0n) is 16.7. The first-order valence-electron chi connectivity index (χ1n) is 9.23. The summed E-state index contributed by atoms with van der Waals surface area (Å²) in [6.07, 6.45) is 0.802. The Balaban J connectivity index is 2.30. The van der Waals surface area contributed by atoms with Gasteiger partial charge in [-0.05, 0) is 24.5 Å². The molecule has 0 amide bonds. The van der Waals surface area contributed by atoms with E-state index in [1.54, 1.807) is 13.0 Å². The molecule has 156 valence electrons. The Labute approximate surface area is 179 Å². The molecular formula is C21H23Cl2NO5. The Bertz CT molecular complexity index is 949. The van der Waals surface area contributed by atoms with Crippen LogP contribution in [0.2, 0.25) is 10.0 Å². The number of carbonyl (C=O) groups is 2. The number of nitrogens with two attached hydrogens (primary N) is 1. The summed E-state index contributed by atoms with van der Waals surface area (Å²) in [7, 11) is 1.45. The van der Waals surface area contributed by atoms with Crippen molar-refractivity contribution in [3.63, 3.8) is 0 Å². The lowest BCUT2D eigenvalue weighted by molar-refractivity contribution is -0.139. The Morgan fingerprint density at radius 3 is 2.62 bits per heavy atom. The first-order valence-corrected chi connectivity index (χ1v) is 9.99. The van der Waals surface area contributed by atoms with Gasteiger partial charge in [-0.3, -0.25) is 4.79 Å². The summed E-state index contributed by atoms with van der Waals surface area (Å²) < 4.78 is 16.4. The second-order valence-electron chi connectivity index (χ2n) is 7.82. The Morgan fingerprint density at radius 2 is 2.00 bits per heavy atom. The van der Waals surface area contributed by atoms with Crippen LogP contribution in [0.4, 0.5) is 0 Å². The van der Waals surface area contributed by atoms with Crippen LogP contribution >= 0.6 is 23.2 Å². The van der Waals surface area contributed by atoms with Gasteiger partial charge in [0.05, 0.1) is 24.7 Å². The summed E-state index contributed by atoms with van der Waals surface area (Å²) in [5.74, 6) is -1.00. The van der Waals surface area contributed by atoms with Crippen molar-refractivity contribution in [3.8, 4) is 5.75 Å². The molecule has 0 aromatic heterocycles. The highest BCUT2D eigenvalue weighted by Crippen LogP contribution is 2.51. The number of halogens is 2. The van der Waals surface area contributed by atoms with E-state index in [1.165, 1.54) is 13.2 Å². The molecule has 1 atom stereocenters. The maximum atomic E-state index is 13.2. The minimum Gasteiger partial charge on any atom is -0.495 e. The molecule has 0 bridgehead atoms. The van der Waals surface area contributed by atoms with Crippen molar-refractivity contribution in [2.45, 2.75) is 39.5 Å². The van der Waals surface area contributed by atoms with E-state index in [-0.39, 0.29) is 34.3 Å². The number of allylic oxidation sites excluding steroid dienone is 2. The van der Waals surface area contributed by atoms with E-state index >= 15 is 0 Å². The number of ketones is 1. The van der Waals surface area contributed by atoms with Gasteiger partial charge in [-0.1, -0.05) is 37.0 Å². The monoisotopic (exact) mass is 439 g/mol. The standard InChI is InChI=1S/C21H23Cl2NO5/c1-5-28-20(26)17-15(11-6-10(22)7-12(23)18(11)27-4)16-13(25)8-21(2,3)9-14(16)29-19(17)24/h6-7,15H,5,8-9,24H2,1-4H3/t15-/m1/s1. The molecule has 8 heteroatoms. The van der Waals surface area contributed by atoms with Crippen molar-refractivity contribution in [1.82, 2.24) is 0 Å². The Hall–Kier alpha value is -2.18. The van der Waals surface area contributed by atoms with Crippen molar-refractivity contribution in [2.24, 2.45) is 11.1 Å². The van der Waals surface area contributed by atoms with Crippen LogP contribution in [0.15, 0.2) is 34.9 Å². The highest BCUT2D eigenvalue weighted by Gasteiger charge is 2.46. The van der Waals surface area contributed by atoms with Crippen molar-refractivity contribution < 1.29 is 23.8 Å². The van der Waals surface area contributed by atoms with Gasteiger partial charge in [-0.15, -0.1) is 0 Å². The molecule has 0 fully saturated rings. The molecule has 1 aromatic rings. The lowest BCUT2D eigenvalue weighted by Gasteiger charge is -2.38. The summed E-state index contributed by atoms with van der Waals surface area (Å²) in [5, 5.41) is 0.596. The third-order valence-corrected chi connectivity index (χ3v) is 5.50. The second-order valence-corrected chi connectivity index (χ2v) is 8.66. The molecule has 0 unspecified atom stereocenters. The number of rotatable bonds is 4. The van der Waals surface area contributed by atoms with Gasteiger partial charge in [0.25, 0.3) is 0 Å². The van der Waals surface area contributed by atoms with Crippen LogP contribution in [-0.2, 0) is 19.1 Å². The third kappa shape index (κ3) is 3.96. The quantitative estimate of drug-likeness (QED) is 0.695. The van der Waals surface area contributed by atoms with E-state index in [0.717, 1.165) is 0 Å². The van der Waals surface area contributed by atoms with Gasteiger partial charge >= 0.3 is 5.97 Å². The number of hydrogen-bond donors (Lipinski definition) is 1. The third-order valence-electron chi connectivity index (χ3n) is 5.00. The lowest BCUT2D eigenvalue weighted by Crippen LogP contribution is -2.35. The van der Waals surface area contributed by atoms with Crippen LogP contribution in [0.3, 0.4) is 0 Å². The summed E-state index contributed by atoms with van der Waals surface area (Å²) in [6, 6.07) is 3.15. The van der Waals surface area contributed by atoms with Crippen LogP contribution in [0, 0.1) is 5.41 Å². The largest absolute Gasteiger partial charge is 0.495 e. The van der Waals surface area contributed by atoms with Gasteiger partial charge in [0.2, 0.25) is 5.88 Å². The van der Waals surface area contributed by atoms with Gasteiger partial charge < -0.3 is 19.9 Å². The van der Waals surface area contributed by atoms with E-state index in [2.05, 4.69) is 0 Å². The molecule has 29 heavy (non-hydrogen) atoms. The number of ether oxygens (including phenoxy) is 3. The van der Waals surface area contributed by atoms with Crippen LogP contribution < -0.4 is 10.5 Å². The van der Waals surface area contributed by atoms with E-state index in [4.69, 9.17) is 43.1 Å². The first-order chi connectivity index (χ1) is 13.6. The fourth-order valence-electron chi connectivity index (χ4n) is 3.91. The molecule has 0 saturated heterocycles. The van der Waals surface area contributed by atoms with Crippen LogP contribution in [-0.4, -0.2) is 25.5 Å². The van der Waals surface area contributed by atoms with Crippen molar-refractivity contribution >= 4 is 35.0 Å². The molecule has 6 nitrogen and oxygen atoms in total. The molecule has 2 aliphatic rings. The molecule has 2 N–H and O–H groups in total. The van der Waals surface area contributed by atoms with E-state index in [1.807, 2.05) is 13.8 Å². The summed E-state index contributed by atoms with van der Waals surface area (Å²) in [6.45, 7) is 5.78. The SMILES string of the molecule is CCOC(=O)C1=C(N)OC2=C(C(=O)CC(C)(C)C2)[C@H]1c1cc(Cl)cc(Cl)c1OC. The van der Waals surface area contributed by atoms with E-state index < -0.39 is 11.9 Å². The van der Waals surface area contributed by atoms with Gasteiger partial charge in [-0.2, -0.15) is 0 Å². The highest BCUT2D eigenvalue weighted by atomic mass is 35.5. The maximum absolute atomic E-state index is 13.2. The number of carbonyl (C=O) groups excluding carboxylic acids is 2. The van der Waals surface area contributed by atoms with Crippen molar-refractivity contribution in [2.75, 3.05) is 13.7 Å². The zero-order valence-corrected chi connectivity index (χ0v) is 18.2. The van der Waals surface area contributed by atoms with Crippen LogP contribution in [0.1, 0.15) is 45.1 Å². The van der Waals surface area contributed by atoms with Gasteiger partial charge in [-0.25, -0.2) is 4.79 Å². The number of Topliss-reactive ketones (excluding diaryl/α,β-unsaturated/α-hetero) is 1. The summed E-state index contributed by atoms with van der Waals surface area (Å²) >= 11 is 12.6. The molecular weight excluding hydrogens is 417 g/mol. The average molecular weight is 440 g/mol. The normalized spacial score (nSPS) is 20.9. The van der Waals surface area contributed by atoms with Gasteiger partial charge in [0.15, 0.2) is 5.78 Å². The molecule has 1 aromatic carbocycles. The number of esters is 1. The topological polar surface area (TPSA) is 87.9 Å². The fraction of sp³-hybridized carbons (Fsp3) is 0.429. The molecule has 0 radical (unpaired) electrons. The van der Waals surface area contributed by atoms with Crippen molar-refractivity contribution in [1.29, 1.82) is 0 Å². The number of benzene rings is 1. The first kappa shape index (κ1) is 21.5. The smallest absolute Gasteiger partial charge is 0.340 e. The van der Waals surface area contributed by atoms with E-state index in [0.29, 0.717) is 40.5 Å². The molecule has 0 spiro atoms. The summed E-state index contributed by atoms with van der Waals surface area (Å²) in [4.78, 5) is 26.0. The predicted molar refractivity (Wildman–Crippen MR) is 110 cm³/mol. The Morgan fingerprint density at radius 1 is 1.31 bits per heavy atom. The minimum atomic E-state index is -0.854. The average Bonchev–Trinajstić information content (AvgIpc) is 2.58. The zero-order chi connectivity index (χ0) is 21.5. The molecule has 0 saturated carbocycles. The molecule has 3 rings (SSSR count). The number of methoxy groups -OCH3 is 1. The van der Waals surface area contributed by atoms with Gasteiger partial charge in [0, 0.05) is 29.0 Å². The van der Waals surface area contributed by atoms with Gasteiger partial charge in [0.1, 0.15) is 17.1 Å². The summed E-state index contributed by atoms with van der Waals surface area (Å²) in [5.41, 5.74) is 6.71. The number of hydrogen-bond acceptors (Lipinski definition) is 6. The molecule has 1 aliphatic carbocycles. The lowest BCUT2D eigenvalue weighted by atomic mass is 9.70. The Kier molecular flexibility index (Phi) is 5.88. The second kappa shape index (κ2) is 7.92. The minimum absolute atomic E-state index is 0.0373. The van der Waals surface area contributed by atoms with Crippen LogP contribution in [0.25, 0.3) is 0 Å². The van der Waals surface area contributed by atoms with Crippen molar-refractivity contribution in [3.05, 3.63) is 50.5 Å². The fourth-order valence-corrected chi connectivity index (χ4v) is 4.50. The van der Waals surface area contributed by atoms with E-state index in [9.17, 15) is 9.59 Å². The molecule has 1 aliphatic heterocycles. The molecule has 1 heterocycles.